The number of benzene rings is 3. The molecule has 1 saturated heterocycles. The van der Waals surface area contributed by atoms with Gasteiger partial charge in [0, 0.05) is 54.0 Å². The Hall–Kier alpha value is -2.53. The van der Waals surface area contributed by atoms with Crippen LogP contribution in [0.1, 0.15) is 21.5 Å². The molecule has 0 N–H and O–H groups in total. The SMILES string of the molecule is O=C(c1ccc(CSc2ccc(Cl)cc2)cc1)N1CCN(C/C=C/c2ccccc2)CC1. The van der Waals surface area contributed by atoms with Crippen LogP contribution in [0.3, 0.4) is 0 Å². The van der Waals surface area contributed by atoms with Gasteiger partial charge in [0.25, 0.3) is 5.91 Å². The Bertz CT molecular complexity index is 1030. The molecule has 1 fully saturated rings. The van der Waals surface area contributed by atoms with E-state index < -0.39 is 0 Å². The molecular weight excluding hydrogens is 436 g/mol. The molecule has 3 aromatic carbocycles. The molecule has 4 rings (SSSR count). The van der Waals surface area contributed by atoms with E-state index in [1.165, 1.54) is 16.0 Å². The van der Waals surface area contributed by atoms with Crippen molar-refractivity contribution in [2.45, 2.75) is 10.6 Å². The van der Waals surface area contributed by atoms with Crippen LogP contribution in [-0.4, -0.2) is 48.4 Å². The molecule has 32 heavy (non-hydrogen) atoms. The van der Waals surface area contributed by atoms with Crippen LogP contribution in [0.4, 0.5) is 0 Å². The van der Waals surface area contributed by atoms with Crippen molar-refractivity contribution >= 4 is 35.3 Å². The zero-order valence-corrected chi connectivity index (χ0v) is 19.6. The normalized spacial score (nSPS) is 14.7. The van der Waals surface area contributed by atoms with Gasteiger partial charge in [-0.2, -0.15) is 0 Å². The van der Waals surface area contributed by atoms with Crippen molar-refractivity contribution in [3.8, 4) is 0 Å². The summed E-state index contributed by atoms with van der Waals surface area (Å²) in [5.74, 6) is 0.993. The van der Waals surface area contributed by atoms with Crippen molar-refractivity contribution in [2.75, 3.05) is 32.7 Å². The lowest BCUT2D eigenvalue weighted by Crippen LogP contribution is -2.48. The summed E-state index contributed by atoms with van der Waals surface area (Å²) in [4.78, 5) is 18.4. The predicted octanol–water partition coefficient (Wildman–Crippen LogP) is 6.10. The van der Waals surface area contributed by atoms with Crippen LogP contribution in [0.2, 0.25) is 5.02 Å². The lowest BCUT2D eigenvalue weighted by Gasteiger charge is -2.34. The Balaban J connectivity index is 1.23. The Morgan fingerprint density at radius 3 is 2.25 bits per heavy atom. The molecule has 1 amide bonds. The van der Waals surface area contributed by atoms with Crippen molar-refractivity contribution in [3.05, 3.63) is 107 Å². The molecule has 164 valence electrons. The topological polar surface area (TPSA) is 23.6 Å². The molecule has 0 saturated carbocycles. The average molecular weight is 463 g/mol. The molecule has 5 heteroatoms. The monoisotopic (exact) mass is 462 g/mol. The van der Waals surface area contributed by atoms with Gasteiger partial charge >= 0.3 is 0 Å². The summed E-state index contributed by atoms with van der Waals surface area (Å²) in [6.45, 7) is 4.26. The van der Waals surface area contributed by atoms with Gasteiger partial charge in [-0.1, -0.05) is 66.2 Å². The summed E-state index contributed by atoms with van der Waals surface area (Å²) < 4.78 is 0. The van der Waals surface area contributed by atoms with Gasteiger partial charge in [0.15, 0.2) is 0 Å². The number of rotatable bonds is 7. The third-order valence-corrected chi connectivity index (χ3v) is 6.89. The minimum atomic E-state index is 0.126. The first-order valence-electron chi connectivity index (χ1n) is 10.9. The van der Waals surface area contributed by atoms with Gasteiger partial charge in [0.05, 0.1) is 0 Å². The maximum Gasteiger partial charge on any atom is 0.253 e. The molecule has 1 aliphatic rings. The Morgan fingerprint density at radius 1 is 0.875 bits per heavy atom. The molecule has 0 aromatic heterocycles. The molecule has 1 heterocycles. The van der Waals surface area contributed by atoms with Gasteiger partial charge in [-0.3, -0.25) is 9.69 Å². The van der Waals surface area contributed by atoms with Gasteiger partial charge in [-0.05, 0) is 47.5 Å². The van der Waals surface area contributed by atoms with Crippen molar-refractivity contribution in [2.24, 2.45) is 0 Å². The lowest BCUT2D eigenvalue weighted by molar-refractivity contribution is 0.0650. The number of nitrogens with zero attached hydrogens (tertiary/aromatic N) is 2. The highest BCUT2D eigenvalue weighted by Crippen LogP contribution is 2.24. The van der Waals surface area contributed by atoms with Crippen molar-refractivity contribution in [3.63, 3.8) is 0 Å². The molecule has 0 atom stereocenters. The summed E-state index contributed by atoms with van der Waals surface area (Å²) in [6, 6.07) is 26.2. The largest absolute Gasteiger partial charge is 0.336 e. The minimum Gasteiger partial charge on any atom is -0.336 e. The molecule has 3 nitrogen and oxygen atoms in total. The first-order chi connectivity index (χ1) is 15.7. The van der Waals surface area contributed by atoms with E-state index in [1.54, 1.807) is 11.8 Å². The van der Waals surface area contributed by atoms with Crippen LogP contribution in [0.5, 0.6) is 0 Å². The number of carbonyl (C=O) groups excluding carboxylic acids is 1. The Morgan fingerprint density at radius 2 is 1.56 bits per heavy atom. The van der Waals surface area contributed by atoms with Crippen LogP contribution in [0.15, 0.2) is 89.8 Å². The van der Waals surface area contributed by atoms with Gasteiger partial charge < -0.3 is 4.90 Å². The molecule has 0 bridgehead atoms. The standard InChI is InChI=1S/C27H27ClN2OS/c28-25-12-14-26(15-13-25)32-21-23-8-10-24(11-9-23)27(31)30-19-17-29(18-20-30)16-4-7-22-5-2-1-3-6-22/h1-15H,16-21H2/b7-4+. The maximum atomic E-state index is 12.9. The van der Waals surface area contributed by atoms with E-state index in [4.69, 9.17) is 11.6 Å². The summed E-state index contributed by atoms with van der Waals surface area (Å²) in [6.07, 6.45) is 4.36. The summed E-state index contributed by atoms with van der Waals surface area (Å²) >= 11 is 7.71. The molecule has 0 spiro atoms. The first kappa shape index (κ1) is 22.7. The van der Waals surface area contributed by atoms with Crippen LogP contribution >= 0.6 is 23.4 Å². The van der Waals surface area contributed by atoms with Gasteiger partial charge in [0.1, 0.15) is 0 Å². The molecule has 3 aromatic rings. The fraction of sp³-hybridized carbons (Fsp3) is 0.222. The van der Waals surface area contributed by atoms with Gasteiger partial charge in [-0.25, -0.2) is 0 Å². The highest BCUT2D eigenvalue weighted by molar-refractivity contribution is 7.98. The van der Waals surface area contributed by atoms with E-state index in [9.17, 15) is 4.79 Å². The smallest absolute Gasteiger partial charge is 0.253 e. The number of amides is 1. The highest BCUT2D eigenvalue weighted by Gasteiger charge is 2.21. The van der Waals surface area contributed by atoms with E-state index in [1.807, 2.05) is 47.4 Å². The maximum absolute atomic E-state index is 12.9. The predicted molar refractivity (Wildman–Crippen MR) is 135 cm³/mol. The first-order valence-corrected chi connectivity index (χ1v) is 12.2. The molecular formula is C27H27ClN2OS. The number of hydrogen-bond donors (Lipinski definition) is 0. The Labute approximate surface area is 199 Å². The third kappa shape index (κ3) is 6.49. The highest BCUT2D eigenvalue weighted by atomic mass is 35.5. The zero-order valence-electron chi connectivity index (χ0n) is 18.0. The van der Waals surface area contributed by atoms with Crippen LogP contribution < -0.4 is 0 Å². The quantitative estimate of drug-likeness (QED) is 0.396. The molecule has 0 unspecified atom stereocenters. The van der Waals surface area contributed by atoms with Crippen molar-refractivity contribution < 1.29 is 4.79 Å². The second-order valence-electron chi connectivity index (χ2n) is 7.85. The second-order valence-corrected chi connectivity index (χ2v) is 9.33. The van der Waals surface area contributed by atoms with E-state index >= 15 is 0 Å². The lowest BCUT2D eigenvalue weighted by atomic mass is 10.1. The van der Waals surface area contributed by atoms with E-state index in [0.717, 1.165) is 49.1 Å². The molecule has 0 radical (unpaired) electrons. The van der Waals surface area contributed by atoms with Crippen molar-refractivity contribution in [1.29, 1.82) is 0 Å². The Kier molecular flexibility index (Phi) is 8.05. The van der Waals surface area contributed by atoms with Crippen LogP contribution in [-0.2, 0) is 5.75 Å². The second kappa shape index (κ2) is 11.4. The number of piperazine rings is 1. The van der Waals surface area contributed by atoms with Gasteiger partial charge in [-0.15, -0.1) is 11.8 Å². The number of thioether (sulfide) groups is 1. The van der Waals surface area contributed by atoms with Crippen LogP contribution in [0, 0.1) is 0 Å². The molecule has 0 aliphatic carbocycles. The minimum absolute atomic E-state index is 0.126. The van der Waals surface area contributed by atoms with Crippen LogP contribution in [0.25, 0.3) is 6.08 Å². The zero-order chi connectivity index (χ0) is 22.2. The molecule has 1 aliphatic heterocycles. The number of carbonyl (C=O) groups is 1. The van der Waals surface area contributed by atoms with E-state index in [-0.39, 0.29) is 5.91 Å². The van der Waals surface area contributed by atoms with E-state index in [2.05, 4.69) is 53.5 Å². The summed E-state index contributed by atoms with van der Waals surface area (Å²) in [5, 5.41) is 0.752. The summed E-state index contributed by atoms with van der Waals surface area (Å²) in [7, 11) is 0. The number of hydrogen-bond acceptors (Lipinski definition) is 3. The van der Waals surface area contributed by atoms with E-state index in [0.29, 0.717) is 0 Å². The van der Waals surface area contributed by atoms with Crippen molar-refractivity contribution in [1.82, 2.24) is 9.80 Å². The average Bonchev–Trinajstić information content (AvgIpc) is 2.85. The fourth-order valence-corrected chi connectivity index (χ4v) is 4.64. The number of halogens is 1. The summed E-state index contributed by atoms with van der Waals surface area (Å²) in [5.41, 5.74) is 3.19. The van der Waals surface area contributed by atoms with Gasteiger partial charge in [0.2, 0.25) is 0 Å². The fourth-order valence-electron chi connectivity index (χ4n) is 3.66. The third-order valence-electron chi connectivity index (χ3n) is 5.55.